The molecule has 20 heavy (non-hydrogen) atoms. The Morgan fingerprint density at radius 1 is 1.15 bits per heavy atom. The fourth-order valence-electron chi connectivity index (χ4n) is 4.40. The molecule has 110 valence electrons. The first kappa shape index (κ1) is 14.1. The van der Waals surface area contributed by atoms with E-state index in [-0.39, 0.29) is 0 Å². The van der Waals surface area contributed by atoms with Gasteiger partial charge in [0.05, 0.1) is 0 Å². The van der Waals surface area contributed by atoms with Crippen molar-refractivity contribution >= 4 is 0 Å². The van der Waals surface area contributed by atoms with Crippen molar-refractivity contribution in [3.63, 3.8) is 0 Å². The lowest BCUT2D eigenvalue weighted by Gasteiger charge is -2.36. The summed E-state index contributed by atoms with van der Waals surface area (Å²) >= 11 is 0. The van der Waals surface area contributed by atoms with Gasteiger partial charge in [-0.3, -0.25) is 4.98 Å². The molecule has 0 saturated heterocycles. The Bertz CT molecular complexity index is 429. The topological polar surface area (TPSA) is 24.9 Å². The van der Waals surface area contributed by atoms with E-state index in [0.29, 0.717) is 12.0 Å². The summed E-state index contributed by atoms with van der Waals surface area (Å²) in [5.41, 5.74) is 2.94. The van der Waals surface area contributed by atoms with E-state index in [2.05, 4.69) is 24.4 Å². The molecule has 0 spiro atoms. The smallest absolute Gasteiger partial charge is 0.0469 e. The lowest BCUT2D eigenvalue weighted by Crippen LogP contribution is -2.39. The van der Waals surface area contributed by atoms with Crippen LogP contribution in [0.25, 0.3) is 0 Å². The highest BCUT2D eigenvalue weighted by molar-refractivity contribution is 5.27. The molecule has 0 radical (unpaired) electrons. The number of nitrogens with one attached hydrogen (secondary N) is 1. The molecule has 0 amide bonds. The molecule has 1 saturated carbocycles. The highest BCUT2D eigenvalue weighted by Gasteiger charge is 2.34. The Kier molecular flexibility index (Phi) is 4.72. The molecule has 2 aliphatic carbocycles. The fourth-order valence-corrected chi connectivity index (χ4v) is 4.40. The molecule has 1 N–H and O–H groups in total. The number of aryl methyl sites for hydroxylation is 1. The number of aromatic nitrogens is 1. The predicted molar refractivity (Wildman–Crippen MR) is 84.0 cm³/mol. The van der Waals surface area contributed by atoms with Gasteiger partial charge in [-0.1, -0.05) is 32.3 Å². The minimum absolute atomic E-state index is 0.696. The molecule has 0 aliphatic heterocycles. The molecule has 0 bridgehead atoms. The van der Waals surface area contributed by atoms with Crippen LogP contribution in [0.5, 0.6) is 0 Å². The quantitative estimate of drug-likeness (QED) is 0.839. The van der Waals surface area contributed by atoms with Gasteiger partial charge in [-0.05, 0) is 56.2 Å². The molecule has 2 heteroatoms. The third kappa shape index (κ3) is 2.90. The molecular weight excluding hydrogens is 244 g/mol. The summed E-state index contributed by atoms with van der Waals surface area (Å²) in [5, 5.41) is 3.77. The van der Waals surface area contributed by atoms with Crippen molar-refractivity contribution in [1.82, 2.24) is 10.3 Å². The van der Waals surface area contributed by atoms with E-state index in [4.69, 9.17) is 4.98 Å². The van der Waals surface area contributed by atoms with Crippen LogP contribution >= 0.6 is 0 Å². The molecule has 1 fully saturated rings. The highest BCUT2D eigenvalue weighted by atomic mass is 14.9. The minimum atomic E-state index is 0.696. The Hall–Kier alpha value is -0.890. The molecule has 0 aromatic carbocycles. The molecule has 2 aliphatic rings. The first-order valence-electron chi connectivity index (χ1n) is 8.57. The summed E-state index contributed by atoms with van der Waals surface area (Å²) in [6, 6.07) is 5.12. The van der Waals surface area contributed by atoms with Crippen molar-refractivity contribution in [2.75, 3.05) is 6.54 Å². The van der Waals surface area contributed by atoms with Gasteiger partial charge in [0.15, 0.2) is 0 Å². The van der Waals surface area contributed by atoms with Crippen LogP contribution in [0.4, 0.5) is 0 Å². The second kappa shape index (κ2) is 6.71. The third-order valence-corrected chi connectivity index (χ3v) is 5.29. The Balaban J connectivity index is 1.86. The maximum absolute atomic E-state index is 4.77. The van der Waals surface area contributed by atoms with E-state index < -0.39 is 0 Å². The van der Waals surface area contributed by atoms with Gasteiger partial charge in [-0.15, -0.1) is 0 Å². The average molecular weight is 272 g/mol. The second-order valence-corrected chi connectivity index (χ2v) is 6.51. The van der Waals surface area contributed by atoms with Gasteiger partial charge in [0, 0.05) is 23.9 Å². The molecule has 3 atom stereocenters. The van der Waals surface area contributed by atoms with E-state index >= 15 is 0 Å². The normalized spacial score (nSPS) is 30.6. The molecule has 2 nitrogen and oxygen atoms in total. The Morgan fingerprint density at radius 3 is 2.95 bits per heavy atom. The summed E-state index contributed by atoms with van der Waals surface area (Å²) in [5.74, 6) is 1.49. The van der Waals surface area contributed by atoms with Crippen LogP contribution in [0.2, 0.25) is 0 Å². The second-order valence-electron chi connectivity index (χ2n) is 6.51. The lowest BCUT2D eigenvalue weighted by molar-refractivity contribution is 0.265. The van der Waals surface area contributed by atoms with E-state index in [1.807, 2.05) is 6.20 Å². The van der Waals surface area contributed by atoms with Gasteiger partial charge in [0.25, 0.3) is 0 Å². The molecule has 3 rings (SSSR count). The zero-order chi connectivity index (χ0) is 13.8. The number of pyridine rings is 1. The van der Waals surface area contributed by atoms with Gasteiger partial charge < -0.3 is 5.32 Å². The van der Waals surface area contributed by atoms with Crippen LogP contribution in [0.3, 0.4) is 0 Å². The van der Waals surface area contributed by atoms with Crippen molar-refractivity contribution < 1.29 is 0 Å². The number of hydrogen-bond donors (Lipinski definition) is 1. The maximum atomic E-state index is 4.77. The summed E-state index contributed by atoms with van der Waals surface area (Å²) in [6.07, 6.45) is 12.9. The average Bonchev–Trinajstić information content (AvgIpc) is 2.73. The largest absolute Gasteiger partial charge is 0.314 e. The number of rotatable bonds is 3. The first-order valence-corrected chi connectivity index (χ1v) is 8.57. The van der Waals surface area contributed by atoms with E-state index in [0.717, 1.165) is 12.5 Å². The lowest BCUT2D eigenvalue weighted by atomic mass is 9.73. The summed E-state index contributed by atoms with van der Waals surface area (Å²) < 4.78 is 0. The number of hydrogen-bond acceptors (Lipinski definition) is 2. The fraction of sp³-hybridized carbons (Fsp3) is 0.722. The zero-order valence-corrected chi connectivity index (χ0v) is 12.8. The monoisotopic (exact) mass is 272 g/mol. The number of fused-ring (bicyclic) bond motifs is 1. The minimum Gasteiger partial charge on any atom is -0.314 e. The van der Waals surface area contributed by atoms with Crippen LogP contribution < -0.4 is 5.32 Å². The van der Waals surface area contributed by atoms with Gasteiger partial charge in [0.1, 0.15) is 0 Å². The highest BCUT2D eigenvalue weighted by Crippen LogP contribution is 2.41. The van der Waals surface area contributed by atoms with Crippen LogP contribution in [-0.4, -0.2) is 17.6 Å². The van der Waals surface area contributed by atoms with Gasteiger partial charge in [-0.2, -0.15) is 0 Å². The Morgan fingerprint density at radius 2 is 2.05 bits per heavy atom. The van der Waals surface area contributed by atoms with Gasteiger partial charge >= 0.3 is 0 Å². The van der Waals surface area contributed by atoms with Gasteiger partial charge in [-0.25, -0.2) is 0 Å². The molecule has 1 heterocycles. The summed E-state index contributed by atoms with van der Waals surface area (Å²) in [7, 11) is 0. The molecular formula is C18H28N2. The molecule has 1 aromatic rings. The van der Waals surface area contributed by atoms with Crippen LogP contribution in [0.15, 0.2) is 18.3 Å². The van der Waals surface area contributed by atoms with Crippen molar-refractivity contribution in [1.29, 1.82) is 0 Å². The number of nitrogens with zero attached hydrogens (tertiary/aromatic N) is 1. The van der Waals surface area contributed by atoms with Crippen LogP contribution in [-0.2, 0) is 6.42 Å². The predicted octanol–water partition coefficient (Wildman–Crippen LogP) is 4.06. The molecule has 1 aromatic heterocycles. The van der Waals surface area contributed by atoms with E-state index in [1.165, 1.54) is 62.6 Å². The van der Waals surface area contributed by atoms with Crippen molar-refractivity contribution in [2.24, 2.45) is 5.92 Å². The van der Waals surface area contributed by atoms with Crippen molar-refractivity contribution in [3.05, 3.63) is 29.6 Å². The standard InChI is InChI=1S/C18H28N2/c1-2-19-17-12-5-3-4-10-15(17)16-11-6-8-14-9-7-13-20-18(14)16/h7,9,13,15-17,19H,2-6,8,10-12H2,1H3. The van der Waals surface area contributed by atoms with Crippen LogP contribution in [0, 0.1) is 5.92 Å². The van der Waals surface area contributed by atoms with E-state index in [9.17, 15) is 0 Å². The van der Waals surface area contributed by atoms with Crippen molar-refractivity contribution in [3.8, 4) is 0 Å². The summed E-state index contributed by atoms with van der Waals surface area (Å²) in [6.45, 7) is 3.35. The molecule has 3 unspecified atom stereocenters. The van der Waals surface area contributed by atoms with Crippen LogP contribution in [0.1, 0.15) is 69.0 Å². The third-order valence-electron chi connectivity index (χ3n) is 5.29. The van der Waals surface area contributed by atoms with E-state index in [1.54, 1.807) is 0 Å². The Labute approximate surface area is 123 Å². The van der Waals surface area contributed by atoms with Crippen molar-refractivity contribution in [2.45, 2.75) is 70.3 Å². The first-order chi connectivity index (χ1) is 9.90. The zero-order valence-electron chi connectivity index (χ0n) is 12.8. The van der Waals surface area contributed by atoms with Gasteiger partial charge in [0.2, 0.25) is 0 Å². The SMILES string of the molecule is CCNC1CCCCCC1C1CCCc2cccnc21. The summed E-state index contributed by atoms with van der Waals surface area (Å²) in [4.78, 5) is 4.77. The maximum Gasteiger partial charge on any atom is 0.0469 e.